The lowest BCUT2D eigenvalue weighted by Crippen LogP contribution is -2.56. The SMILES string of the molecule is CCOCCOCCOC(=O)C(F)(F)C(F)(F)C(F)(F)F. The highest BCUT2D eigenvalue weighted by Crippen LogP contribution is 2.46. The maximum Gasteiger partial charge on any atom is 0.460 e. The molecule has 0 aromatic heterocycles. The molecule has 0 aliphatic heterocycles. The van der Waals surface area contributed by atoms with Crippen molar-refractivity contribution in [3.63, 3.8) is 0 Å². The summed E-state index contributed by atoms with van der Waals surface area (Å²) < 4.78 is 98.9. The van der Waals surface area contributed by atoms with Gasteiger partial charge in [-0.1, -0.05) is 0 Å². The minimum absolute atomic E-state index is 0.0144. The van der Waals surface area contributed by atoms with Crippen molar-refractivity contribution in [2.24, 2.45) is 0 Å². The van der Waals surface area contributed by atoms with E-state index in [-0.39, 0.29) is 13.2 Å². The van der Waals surface area contributed by atoms with Crippen molar-refractivity contribution in [2.75, 3.05) is 33.0 Å². The summed E-state index contributed by atoms with van der Waals surface area (Å²) in [5.74, 6) is -15.5. The lowest BCUT2D eigenvalue weighted by atomic mass is 10.1. The summed E-state index contributed by atoms with van der Waals surface area (Å²) in [7, 11) is 0. The van der Waals surface area contributed by atoms with Gasteiger partial charge in [-0.15, -0.1) is 0 Å². The first kappa shape index (κ1) is 19.9. The zero-order valence-corrected chi connectivity index (χ0v) is 10.8. The molecule has 4 nitrogen and oxygen atoms in total. The second-order valence-corrected chi connectivity index (χ2v) is 3.59. The standard InChI is InChI=1S/C10H13F7O4/c1-2-19-3-4-20-5-6-21-7(18)8(11,12)9(13,14)10(15,16)17/h2-6H2,1H3. The Morgan fingerprint density at radius 2 is 1.33 bits per heavy atom. The molecule has 0 bridgehead atoms. The van der Waals surface area contributed by atoms with E-state index in [4.69, 9.17) is 9.47 Å². The van der Waals surface area contributed by atoms with E-state index in [0.29, 0.717) is 6.61 Å². The predicted molar refractivity (Wildman–Crippen MR) is 54.2 cm³/mol. The van der Waals surface area contributed by atoms with Crippen molar-refractivity contribution in [1.82, 2.24) is 0 Å². The molecule has 0 saturated carbocycles. The minimum atomic E-state index is -6.58. The van der Waals surface area contributed by atoms with Gasteiger partial charge in [-0.3, -0.25) is 0 Å². The van der Waals surface area contributed by atoms with E-state index >= 15 is 0 Å². The third-order valence-electron chi connectivity index (χ3n) is 2.04. The lowest BCUT2D eigenvalue weighted by Gasteiger charge is -2.26. The van der Waals surface area contributed by atoms with Gasteiger partial charge < -0.3 is 14.2 Å². The Labute approximate surface area is 115 Å². The molecule has 0 aromatic rings. The molecule has 0 amide bonds. The summed E-state index contributed by atoms with van der Waals surface area (Å²) in [6.45, 7) is 0.927. The van der Waals surface area contributed by atoms with Gasteiger partial charge in [0.05, 0.1) is 19.8 Å². The summed E-state index contributed by atoms with van der Waals surface area (Å²) in [5, 5.41) is 0. The predicted octanol–water partition coefficient (Wildman–Crippen LogP) is 2.42. The molecule has 0 radical (unpaired) electrons. The van der Waals surface area contributed by atoms with Crippen molar-refractivity contribution in [3.05, 3.63) is 0 Å². The highest BCUT2D eigenvalue weighted by atomic mass is 19.4. The first-order valence-corrected chi connectivity index (χ1v) is 5.63. The number of ether oxygens (including phenoxy) is 3. The molecule has 0 spiro atoms. The van der Waals surface area contributed by atoms with E-state index in [1.54, 1.807) is 6.92 Å². The minimum Gasteiger partial charge on any atom is -0.459 e. The lowest BCUT2D eigenvalue weighted by molar-refractivity contribution is -0.348. The Bertz CT molecular complexity index is 330. The first-order valence-electron chi connectivity index (χ1n) is 5.63. The average Bonchev–Trinajstić information content (AvgIpc) is 2.35. The van der Waals surface area contributed by atoms with Gasteiger partial charge >= 0.3 is 24.0 Å². The maximum atomic E-state index is 12.8. The van der Waals surface area contributed by atoms with Crippen LogP contribution in [0.3, 0.4) is 0 Å². The van der Waals surface area contributed by atoms with Crippen LogP contribution in [-0.4, -0.2) is 57.0 Å². The van der Waals surface area contributed by atoms with E-state index in [1.165, 1.54) is 0 Å². The molecule has 0 unspecified atom stereocenters. The third kappa shape index (κ3) is 5.30. The van der Waals surface area contributed by atoms with Crippen molar-refractivity contribution in [2.45, 2.75) is 24.9 Å². The second-order valence-electron chi connectivity index (χ2n) is 3.59. The number of carbonyl (C=O) groups is 1. The number of halogens is 7. The molecule has 0 rings (SSSR count). The maximum absolute atomic E-state index is 12.8. The van der Waals surface area contributed by atoms with Crippen molar-refractivity contribution in [3.8, 4) is 0 Å². The zero-order chi connectivity index (χ0) is 16.7. The number of hydrogen-bond acceptors (Lipinski definition) is 4. The van der Waals surface area contributed by atoms with E-state index in [9.17, 15) is 35.5 Å². The Morgan fingerprint density at radius 3 is 1.81 bits per heavy atom. The molecule has 0 aliphatic rings. The number of carbonyl (C=O) groups excluding carboxylic acids is 1. The van der Waals surface area contributed by atoms with Gasteiger partial charge in [0.2, 0.25) is 0 Å². The first-order chi connectivity index (χ1) is 9.48. The molecule has 0 heterocycles. The van der Waals surface area contributed by atoms with E-state index in [0.717, 1.165) is 0 Å². The van der Waals surface area contributed by atoms with Gasteiger partial charge in [0, 0.05) is 6.61 Å². The molecule has 0 atom stereocenters. The van der Waals surface area contributed by atoms with Gasteiger partial charge in [-0.05, 0) is 6.92 Å². The molecular weight excluding hydrogens is 317 g/mol. The third-order valence-corrected chi connectivity index (χ3v) is 2.04. The van der Waals surface area contributed by atoms with Crippen LogP contribution in [0.15, 0.2) is 0 Å². The Kier molecular flexibility index (Phi) is 7.37. The topological polar surface area (TPSA) is 44.8 Å². The van der Waals surface area contributed by atoms with Crippen LogP contribution >= 0.6 is 0 Å². The highest BCUT2D eigenvalue weighted by molar-refractivity contribution is 5.79. The normalized spacial score (nSPS) is 13.3. The quantitative estimate of drug-likeness (QED) is 0.370. The monoisotopic (exact) mass is 330 g/mol. The Morgan fingerprint density at radius 1 is 0.857 bits per heavy atom. The smallest absolute Gasteiger partial charge is 0.459 e. The fourth-order valence-electron chi connectivity index (χ4n) is 0.954. The highest BCUT2D eigenvalue weighted by Gasteiger charge is 2.77. The van der Waals surface area contributed by atoms with Gasteiger partial charge in [-0.25, -0.2) is 4.79 Å². The van der Waals surface area contributed by atoms with Crippen molar-refractivity contribution < 1.29 is 49.7 Å². The largest absolute Gasteiger partial charge is 0.460 e. The van der Waals surface area contributed by atoms with Gasteiger partial charge in [0.1, 0.15) is 6.61 Å². The van der Waals surface area contributed by atoms with E-state index < -0.39 is 37.2 Å². The summed E-state index contributed by atoms with van der Waals surface area (Å²) >= 11 is 0. The van der Waals surface area contributed by atoms with Crippen LogP contribution in [0.4, 0.5) is 30.7 Å². The molecule has 21 heavy (non-hydrogen) atoms. The Balaban J connectivity index is 4.27. The Hall–Kier alpha value is -1.10. The number of hydrogen-bond donors (Lipinski definition) is 0. The van der Waals surface area contributed by atoms with Gasteiger partial charge in [0.15, 0.2) is 0 Å². The van der Waals surface area contributed by atoms with Gasteiger partial charge in [0.25, 0.3) is 0 Å². The molecule has 0 N–H and O–H groups in total. The molecule has 126 valence electrons. The molecular formula is C10H13F7O4. The van der Waals surface area contributed by atoms with Crippen LogP contribution in [0.2, 0.25) is 0 Å². The summed E-state index contributed by atoms with van der Waals surface area (Å²) in [4.78, 5) is 10.7. The van der Waals surface area contributed by atoms with Crippen molar-refractivity contribution in [1.29, 1.82) is 0 Å². The fourth-order valence-corrected chi connectivity index (χ4v) is 0.954. The van der Waals surface area contributed by atoms with Crippen LogP contribution < -0.4 is 0 Å². The molecule has 0 fully saturated rings. The average molecular weight is 330 g/mol. The van der Waals surface area contributed by atoms with Crippen LogP contribution in [-0.2, 0) is 19.0 Å². The number of alkyl halides is 7. The van der Waals surface area contributed by atoms with Crippen LogP contribution in [0.25, 0.3) is 0 Å². The van der Waals surface area contributed by atoms with Gasteiger partial charge in [-0.2, -0.15) is 30.7 Å². The van der Waals surface area contributed by atoms with Crippen LogP contribution in [0.1, 0.15) is 6.92 Å². The number of rotatable bonds is 9. The van der Waals surface area contributed by atoms with E-state index in [2.05, 4.69) is 4.74 Å². The summed E-state index contributed by atoms with van der Waals surface area (Å²) in [5.41, 5.74) is 0. The number of esters is 1. The molecule has 0 aromatic carbocycles. The van der Waals surface area contributed by atoms with Crippen LogP contribution in [0, 0.1) is 0 Å². The fraction of sp³-hybridized carbons (Fsp3) is 0.900. The zero-order valence-electron chi connectivity index (χ0n) is 10.8. The summed E-state index contributed by atoms with van der Waals surface area (Å²) in [6.07, 6.45) is -6.58. The van der Waals surface area contributed by atoms with Crippen LogP contribution in [0.5, 0.6) is 0 Å². The summed E-state index contributed by atoms with van der Waals surface area (Å²) in [6, 6.07) is 0. The van der Waals surface area contributed by atoms with E-state index in [1.807, 2.05) is 0 Å². The molecule has 0 saturated heterocycles. The second kappa shape index (κ2) is 7.78. The molecule has 0 aliphatic carbocycles. The molecule has 11 heteroatoms. The van der Waals surface area contributed by atoms with Crippen molar-refractivity contribution >= 4 is 5.97 Å².